The van der Waals surface area contributed by atoms with Gasteiger partial charge in [-0.05, 0) is 43.9 Å². The Morgan fingerprint density at radius 2 is 2.06 bits per heavy atom. The van der Waals surface area contributed by atoms with Crippen molar-refractivity contribution in [2.24, 2.45) is 0 Å². The fraction of sp³-hybridized carbons (Fsp3) is 0.533. The highest BCUT2D eigenvalue weighted by molar-refractivity contribution is 5.66. The van der Waals surface area contributed by atoms with Gasteiger partial charge in [0.2, 0.25) is 0 Å². The van der Waals surface area contributed by atoms with Crippen LogP contribution in [0.4, 0.5) is 0 Å². The van der Waals surface area contributed by atoms with Gasteiger partial charge in [-0.1, -0.05) is 26.0 Å². The van der Waals surface area contributed by atoms with E-state index in [-0.39, 0.29) is 6.42 Å². The molecule has 0 spiro atoms. The lowest BCUT2D eigenvalue weighted by molar-refractivity contribution is -0.138. The van der Waals surface area contributed by atoms with Gasteiger partial charge in [0.25, 0.3) is 0 Å². The van der Waals surface area contributed by atoms with Crippen LogP contribution in [0.2, 0.25) is 0 Å². The van der Waals surface area contributed by atoms with E-state index in [4.69, 9.17) is 9.84 Å². The molecule has 100 valence electrons. The number of benzene rings is 1. The van der Waals surface area contributed by atoms with Gasteiger partial charge in [0, 0.05) is 6.42 Å². The SMILES string of the molecule is CC(C)c1cccc(OC(C)(C)CCC(=O)O)c1. The maximum absolute atomic E-state index is 10.6. The van der Waals surface area contributed by atoms with Crippen LogP contribution in [0, 0.1) is 0 Å². The van der Waals surface area contributed by atoms with E-state index in [9.17, 15) is 4.79 Å². The molecule has 1 rings (SSSR count). The summed E-state index contributed by atoms with van der Waals surface area (Å²) in [6.07, 6.45) is 0.616. The first-order valence-corrected chi connectivity index (χ1v) is 6.31. The first-order valence-electron chi connectivity index (χ1n) is 6.31. The molecule has 3 nitrogen and oxygen atoms in total. The van der Waals surface area contributed by atoms with E-state index in [0.717, 1.165) is 5.75 Å². The predicted molar refractivity (Wildman–Crippen MR) is 72.1 cm³/mol. The van der Waals surface area contributed by atoms with Crippen molar-refractivity contribution in [1.82, 2.24) is 0 Å². The maximum atomic E-state index is 10.6. The van der Waals surface area contributed by atoms with E-state index in [0.29, 0.717) is 12.3 Å². The first kappa shape index (κ1) is 14.6. The molecular formula is C15H22O3. The molecule has 1 aromatic carbocycles. The molecule has 0 aliphatic carbocycles. The van der Waals surface area contributed by atoms with Crippen molar-refractivity contribution in [1.29, 1.82) is 0 Å². The summed E-state index contributed by atoms with van der Waals surface area (Å²) in [6.45, 7) is 8.10. The molecule has 0 fully saturated rings. The number of hydrogen-bond donors (Lipinski definition) is 1. The van der Waals surface area contributed by atoms with Crippen molar-refractivity contribution in [2.75, 3.05) is 0 Å². The number of aliphatic carboxylic acids is 1. The average molecular weight is 250 g/mol. The van der Waals surface area contributed by atoms with E-state index in [1.165, 1.54) is 5.56 Å². The van der Waals surface area contributed by atoms with Crippen LogP contribution in [-0.4, -0.2) is 16.7 Å². The first-order chi connectivity index (χ1) is 8.30. The van der Waals surface area contributed by atoms with Crippen LogP contribution in [0.5, 0.6) is 5.75 Å². The number of rotatable bonds is 6. The van der Waals surface area contributed by atoms with Crippen LogP contribution in [-0.2, 0) is 4.79 Å². The lowest BCUT2D eigenvalue weighted by Crippen LogP contribution is -2.29. The summed E-state index contributed by atoms with van der Waals surface area (Å²) >= 11 is 0. The molecule has 0 heterocycles. The highest BCUT2D eigenvalue weighted by Gasteiger charge is 2.21. The van der Waals surface area contributed by atoms with Crippen LogP contribution in [0.25, 0.3) is 0 Å². The molecular weight excluding hydrogens is 228 g/mol. The zero-order valence-corrected chi connectivity index (χ0v) is 11.6. The smallest absolute Gasteiger partial charge is 0.303 e. The fourth-order valence-electron chi connectivity index (χ4n) is 1.72. The lowest BCUT2D eigenvalue weighted by atomic mass is 10.0. The summed E-state index contributed by atoms with van der Waals surface area (Å²) < 4.78 is 5.88. The van der Waals surface area contributed by atoms with Crippen LogP contribution in [0.1, 0.15) is 52.0 Å². The second-order valence-corrected chi connectivity index (χ2v) is 5.48. The molecule has 0 amide bonds. The molecule has 0 aliphatic rings. The third-order valence-electron chi connectivity index (χ3n) is 2.86. The molecule has 0 bridgehead atoms. The zero-order chi connectivity index (χ0) is 13.8. The number of carboxylic acids is 1. The van der Waals surface area contributed by atoms with Crippen molar-refractivity contribution in [3.05, 3.63) is 29.8 Å². The minimum atomic E-state index is -0.789. The molecule has 0 aliphatic heterocycles. The second kappa shape index (κ2) is 5.89. The van der Waals surface area contributed by atoms with Gasteiger partial charge in [-0.2, -0.15) is 0 Å². The predicted octanol–water partition coefficient (Wildman–Crippen LogP) is 3.83. The number of carbonyl (C=O) groups is 1. The number of carboxylic acid groups (broad SMARTS) is 1. The van der Waals surface area contributed by atoms with E-state index >= 15 is 0 Å². The minimum Gasteiger partial charge on any atom is -0.488 e. The molecule has 0 radical (unpaired) electrons. The Bertz CT molecular complexity index is 408. The Kier molecular flexibility index (Phi) is 4.76. The molecule has 0 aromatic heterocycles. The topological polar surface area (TPSA) is 46.5 Å². The zero-order valence-electron chi connectivity index (χ0n) is 11.6. The third kappa shape index (κ3) is 4.78. The summed E-state index contributed by atoms with van der Waals surface area (Å²) in [5.74, 6) is 0.467. The van der Waals surface area contributed by atoms with E-state index in [2.05, 4.69) is 19.9 Å². The molecule has 0 saturated carbocycles. The normalized spacial score (nSPS) is 11.6. The summed E-state index contributed by atoms with van der Waals surface area (Å²) in [4.78, 5) is 10.6. The second-order valence-electron chi connectivity index (χ2n) is 5.48. The van der Waals surface area contributed by atoms with Crippen LogP contribution < -0.4 is 4.74 Å². The summed E-state index contributed by atoms with van der Waals surface area (Å²) in [7, 11) is 0. The highest BCUT2D eigenvalue weighted by Crippen LogP contribution is 2.25. The highest BCUT2D eigenvalue weighted by atomic mass is 16.5. The lowest BCUT2D eigenvalue weighted by Gasteiger charge is -2.26. The Balaban J connectivity index is 2.71. The fourth-order valence-corrected chi connectivity index (χ4v) is 1.72. The summed E-state index contributed by atoms with van der Waals surface area (Å²) in [5.41, 5.74) is 0.759. The van der Waals surface area contributed by atoms with Gasteiger partial charge in [-0.15, -0.1) is 0 Å². The average Bonchev–Trinajstić information content (AvgIpc) is 2.26. The summed E-state index contributed by atoms with van der Waals surface area (Å²) in [5, 5.41) is 8.70. The van der Waals surface area contributed by atoms with Crippen molar-refractivity contribution >= 4 is 5.97 Å². The molecule has 18 heavy (non-hydrogen) atoms. The number of ether oxygens (including phenoxy) is 1. The summed E-state index contributed by atoms with van der Waals surface area (Å²) in [6, 6.07) is 7.97. The monoisotopic (exact) mass is 250 g/mol. The van der Waals surface area contributed by atoms with Crippen LogP contribution in [0.3, 0.4) is 0 Å². The molecule has 0 saturated heterocycles. The Morgan fingerprint density at radius 1 is 1.39 bits per heavy atom. The van der Waals surface area contributed by atoms with Gasteiger partial charge >= 0.3 is 5.97 Å². The van der Waals surface area contributed by atoms with Gasteiger partial charge in [-0.3, -0.25) is 4.79 Å². The largest absolute Gasteiger partial charge is 0.488 e. The van der Waals surface area contributed by atoms with Gasteiger partial charge in [0.05, 0.1) is 0 Å². The Hall–Kier alpha value is -1.51. The van der Waals surface area contributed by atoms with E-state index in [1.54, 1.807) is 0 Å². The molecule has 0 unspecified atom stereocenters. The van der Waals surface area contributed by atoms with Gasteiger partial charge in [0.15, 0.2) is 0 Å². The Labute approximate surface area is 109 Å². The van der Waals surface area contributed by atoms with Crippen LogP contribution in [0.15, 0.2) is 24.3 Å². The molecule has 1 N–H and O–H groups in total. The van der Waals surface area contributed by atoms with Gasteiger partial charge in [0.1, 0.15) is 11.4 Å². The minimum absolute atomic E-state index is 0.122. The maximum Gasteiger partial charge on any atom is 0.303 e. The molecule has 3 heteroatoms. The van der Waals surface area contributed by atoms with Gasteiger partial charge < -0.3 is 9.84 Å². The van der Waals surface area contributed by atoms with Gasteiger partial charge in [-0.25, -0.2) is 0 Å². The third-order valence-corrected chi connectivity index (χ3v) is 2.86. The van der Waals surface area contributed by atoms with Crippen molar-refractivity contribution in [3.8, 4) is 5.75 Å². The number of hydrogen-bond acceptors (Lipinski definition) is 2. The molecule has 1 aromatic rings. The van der Waals surface area contributed by atoms with E-state index < -0.39 is 11.6 Å². The van der Waals surface area contributed by atoms with Crippen molar-refractivity contribution in [2.45, 2.75) is 52.1 Å². The van der Waals surface area contributed by atoms with Crippen molar-refractivity contribution < 1.29 is 14.6 Å². The Morgan fingerprint density at radius 3 is 2.61 bits per heavy atom. The quantitative estimate of drug-likeness (QED) is 0.834. The standard InChI is InChI=1S/C15H22O3/c1-11(2)12-6-5-7-13(10-12)18-15(3,4)9-8-14(16)17/h5-7,10-11H,8-9H2,1-4H3,(H,16,17). The molecule has 0 atom stereocenters. The van der Waals surface area contributed by atoms with Crippen LogP contribution >= 0.6 is 0 Å². The van der Waals surface area contributed by atoms with E-state index in [1.807, 2.05) is 32.0 Å². The van der Waals surface area contributed by atoms with Crippen molar-refractivity contribution in [3.63, 3.8) is 0 Å².